The monoisotopic (exact) mass is 165 g/mol. The average Bonchev–Trinajstić information content (AvgIpc) is 2.62. The molecule has 2 N–H and O–H groups in total. The van der Waals surface area contributed by atoms with Crippen molar-refractivity contribution in [2.45, 2.75) is 50.5 Å². The summed E-state index contributed by atoms with van der Waals surface area (Å²) in [6.07, 6.45) is 10.0. The number of rotatable bonds is 0. The van der Waals surface area contributed by atoms with Crippen LogP contribution in [0, 0.1) is 17.8 Å². The first-order chi connectivity index (χ1) is 5.81. The molecule has 2 unspecified atom stereocenters. The lowest BCUT2D eigenvalue weighted by Gasteiger charge is -2.44. The number of hydrogen-bond donors (Lipinski definition) is 1. The molecule has 1 nitrogen and oxygen atoms in total. The zero-order valence-corrected chi connectivity index (χ0v) is 7.76. The molecule has 0 amide bonds. The fraction of sp³-hybridized carbons (Fsp3) is 1.00. The van der Waals surface area contributed by atoms with Gasteiger partial charge in [0.1, 0.15) is 0 Å². The molecule has 68 valence electrons. The largest absolute Gasteiger partial charge is 0.325 e. The minimum atomic E-state index is 0.307. The van der Waals surface area contributed by atoms with Gasteiger partial charge in [0.15, 0.2) is 0 Å². The maximum Gasteiger partial charge on any atom is 0.0214 e. The molecule has 0 radical (unpaired) electrons. The second-order valence-corrected chi connectivity index (χ2v) is 5.23. The van der Waals surface area contributed by atoms with Crippen LogP contribution in [0.25, 0.3) is 0 Å². The first-order valence-corrected chi connectivity index (χ1v) is 5.59. The predicted molar refractivity (Wildman–Crippen MR) is 49.7 cm³/mol. The third-order valence-electron chi connectivity index (χ3n) is 4.87. The van der Waals surface area contributed by atoms with E-state index in [0.29, 0.717) is 5.54 Å². The van der Waals surface area contributed by atoms with E-state index in [1.54, 1.807) is 0 Å². The molecule has 3 fully saturated rings. The molecule has 2 bridgehead atoms. The smallest absolute Gasteiger partial charge is 0.0214 e. The Balaban J connectivity index is 1.93. The van der Waals surface area contributed by atoms with E-state index in [1.807, 2.05) is 0 Å². The molecule has 0 spiro atoms. The molecule has 3 rings (SSSR count). The van der Waals surface area contributed by atoms with E-state index < -0.39 is 0 Å². The van der Waals surface area contributed by atoms with Crippen LogP contribution in [0.2, 0.25) is 0 Å². The van der Waals surface area contributed by atoms with Crippen molar-refractivity contribution in [3.05, 3.63) is 0 Å². The van der Waals surface area contributed by atoms with Gasteiger partial charge in [0.05, 0.1) is 0 Å². The van der Waals surface area contributed by atoms with Crippen LogP contribution in [0.5, 0.6) is 0 Å². The van der Waals surface area contributed by atoms with Crippen LogP contribution >= 0.6 is 0 Å². The zero-order valence-electron chi connectivity index (χ0n) is 7.76. The van der Waals surface area contributed by atoms with E-state index in [0.717, 1.165) is 17.8 Å². The topological polar surface area (TPSA) is 26.0 Å². The van der Waals surface area contributed by atoms with E-state index >= 15 is 0 Å². The molecular weight excluding hydrogens is 146 g/mol. The molecule has 3 aliphatic rings. The Morgan fingerprint density at radius 3 is 2.83 bits per heavy atom. The molecule has 12 heavy (non-hydrogen) atoms. The predicted octanol–water partition coefficient (Wildman–Crippen LogP) is 2.30. The van der Waals surface area contributed by atoms with E-state index in [9.17, 15) is 0 Å². The summed E-state index contributed by atoms with van der Waals surface area (Å²) in [6, 6.07) is 0. The maximum atomic E-state index is 6.55. The van der Waals surface area contributed by atoms with Gasteiger partial charge in [-0.1, -0.05) is 12.8 Å². The Morgan fingerprint density at radius 2 is 2.00 bits per heavy atom. The summed E-state index contributed by atoms with van der Waals surface area (Å²) in [7, 11) is 0. The Hall–Kier alpha value is -0.0400. The van der Waals surface area contributed by atoms with Gasteiger partial charge in [-0.05, 0) is 49.9 Å². The summed E-state index contributed by atoms with van der Waals surface area (Å²) < 4.78 is 0. The normalized spacial score (nSPS) is 57.2. The Labute approximate surface area is 74.7 Å². The molecule has 0 aliphatic heterocycles. The summed E-state index contributed by atoms with van der Waals surface area (Å²) in [6.45, 7) is 0. The highest BCUT2D eigenvalue weighted by atomic mass is 14.8. The minimum absolute atomic E-state index is 0.307. The highest BCUT2D eigenvalue weighted by Crippen LogP contribution is 2.58. The van der Waals surface area contributed by atoms with Crippen molar-refractivity contribution in [3.8, 4) is 0 Å². The van der Waals surface area contributed by atoms with Crippen molar-refractivity contribution in [2.24, 2.45) is 23.5 Å². The number of hydrogen-bond acceptors (Lipinski definition) is 1. The lowest BCUT2D eigenvalue weighted by atomic mass is 9.66. The van der Waals surface area contributed by atoms with Gasteiger partial charge >= 0.3 is 0 Å². The number of nitrogens with two attached hydrogens (primary N) is 1. The lowest BCUT2D eigenvalue weighted by Crippen LogP contribution is -2.53. The summed E-state index contributed by atoms with van der Waals surface area (Å²) >= 11 is 0. The fourth-order valence-electron chi connectivity index (χ4n) is 4.30. The van der Waals surface area contributed by atoms with E-state index in [1.165, 1.54) is 44.9 Å². The molecule has 3 saturated carbocycles. The van der Waals surface area contributed by atoms with Crippen LogP contribution in [0.15, 0.2) is 0 Å². The Kier molecular flexibility index (Phi) is 1.39. The summed E-state index contributed by atoms with van der Waals surface area (Å²) in [5, 5.41) is 0. The molecule has 4 atom stereocenters. The minimum Gasteiger partial charge on any atom is -0.325 e. The van der Waals surface area contributed by atoms with E-state index in [-0.39, 0.29) is 0 Å². The SMILES string of the molecule is NC12CCCCC1[C@@H]1CC[C@H]2C1. The van der Waals surface area contributed by atoms with Gasteiger partial charge in [-0.2, -0.15) is 0 Å². The van der Waals surface area contributed by atoms with Gasteiger partial charge in [-0.15, -0.1) is 0 Å². The second kappa shape index (κ2) is 2.25. The van der Waals surface area contributed by atoms with Gasteiger partial charge in [0, 0.05) is 5.54 Å². The first-order valence-electron chi connectivity index (χ1n) is 5.59. The van der Waals surface area contributed by atoms with Crippen molar-refractivity contribution in [3.63, 3.8) is 0 Å². The molecule has 0 aromatic heterocycles. The van der Waals surface area contributed by atoms with Crippen molar-refractivity contribution in [1.82, 2.24) is 0 Å². The Bertz CT molecular complexity index is 201. The van der Waals surface area contributed by atoms with Crippen molar-refractivity contribution in [1.29, 1.82) is 0 Å². The molecule has 3 aliphatic carbocycles. The van der Waals surface area contributed by atoms with Gasteiger partial charge in [0.25, 0.3) is 0 Å². The van der Waals surface area contributed by atoms with Crippen molar-refractivity contribution >= 4 is 0 Å². The van der Waals surface area contributed by atoms with Crippen LogP contribution in [-0.2, 0) is 0 Å². The molecule has 0 saturated heterocycles. The summed E-state index contributed by atoms with van der Waals surface area (Å²) in [4.78, 5) is 0. The van der Waals surface area contributed by atoms with Gasteiger partial charge in [-0.3, -0.25) is 0 Å². The highest BCUT2D eigenvalue weighted by Gasteiger charge is 2.55. The first kappa shape index (κ1) is 7.37. The van der Waals surface area contributed by atoms with Gasteiger partial charge in [0.2, 0.25) is 0 Å². The molecule has 1 heteroatoms. The average molecular weight is 165 g/mol. The summed E-state index contributed by atoms with van der Waals surface area (Å²) in [5.74, 6) is 2.86. The van der Waals surface area contributed by atoms with Crippen LogP contribution in [-0.4, -0.2) is 5.54 Å². The van der Waals surface area contributed by atoms with Crippen LogP contribution in [0.3, 0.4) is 0 Å². The zero-order chi connectivity index (χ0) is 8.18. The van der Waals surface area contributed by atoms with E-state index in [2.05, 4.69) is 0 Å². The molecule has 0 aromatic carbocycles. The van der Waals surface area contributed by atoms with E-state index in [4.69, 9.17) is 5.73 Å². The number of fused-ring (bicyclic) bond motifs is 5. The second-order valence-electron chi connectivity index (χ2n) is 5.23. The third kappa shape index (κ3) is 0.736. The summed E-state index contributed by atoms with van der Waals surface area (Å²) in [5.41, 5.74) is 6.86. The third-order valence-corrected chi connectivity index (χ3v) is 4.87. The fourth-order valence-corrected chi connectivity index (χ4v) is 4.30. The highest BCUT2D eigenvalue weighted by molar-refractivity contribution is 5.10. The van der Waals surface area contributed by atoms with Crippen LogP contribution < -0.4 is 5.73 Å². The standard InChI is InChI=1S/C11H19N/c12-11-6-2-1-3-10(11)8-4-5-9(11)7-8/h8-10H,1-7,12H2/t8-,9+,10?,11?/m1/s1. The van der Waals surface area contributed by atoms with Gasteiger partial charge < -0.3 is 5.73 Å². The molecule has 0 aromatic rings. The maximum absolute atomic E-state index is 6.55. The van der Waals surface area contributed by atoms with Crippen molar-refractivity contribution in [2.75, 3.05) is 0 Å². The van der Waals surface area contributed by atoms with Crippen molar-refractivity contribution < 1.29 is 0 Å². The molecular formula is C11H19N. The lowest BCUT2D eigenvalue weighted by molar-refractivity contribution is 0.119. The van der Waals surface area contributed by atoms with Crippen LogP contribution in [0.4, 0.5) is 0 Å². The quantitative estimate of drug-likeness (QED) is 0.585. The van der Waals surface area contributed by atoms with Crippen LogP contribution in [0.1, 0.15) is 44.9 Å². The van der Waals surface area contributed by atoms with Gasteiger partial charge in [-0.25, -0.2) is 0 Å². The Morgan fingerprint density at radius 1 is 1.08 bits per heavy atom. The molecule has 0 heterocycles.